The van der Waals surface area contributed by atoms with Gasteiger partial charge in [-0.25, -0.2) is 4.84 Å². The first kappa shape index (κ1) is 24.2. The van der Waals surface area contributed by atoms with E-state index in [1.54, 1.807) is 24.3 Å². The molecule has 0 N–H and O–H groups in total. The van der Waals surface area contributed by atoms with Gasteiger partial charge in [0.2, 0.25) is 0 Å². The summed E-state index contributed by atoms with van der Waals surface area (Å²) in [5.41, 5.74) is 2.75. The molecular weight excluding hydrogens is 637 g/mol. The zero-order chi connectivity index (χ0) is 24.6. The Hall–Kier alpha value is -2.46. The van der Waals surface area contributed by atoms with E-state index < -0.39 is 15.6 Å². The first-order valence-corrected chi connectivity index (χ1v) is 14.2. The maximum Gasteiger partial charge on any atom is 0.286 e. The summed E-state index contributed by atoms with van der Waals surface area (Å²) < 4.78 is 30.9. The fourth-order valence-corrected chi connectivity index (χ4v) is 7.14. The number of nitrogens with zero attached hydrogens (tertiary/aromatic N) is 1. The highest BCUT2D eigenvalue weighted by atomic mass is 127. The second-order valence-electron chi connectivity index (χ2n) is 8.22. The quantitative estimate of drug-likeness (QED) is 0.210. The molecule has 0 bridgehead atoms. The van der Waals surface area contributed by atoms with Crippen LogP contribution >= 0.6 is 38.5 Å². The topological polar surface area (TPSA) is 46.6 Å². The molecule has 4 aromatic rings. The van der Waals surface area contributed by atoms with Crippen molar-refractivity contribution < 1.29 is 13.3 Å². The largest absolute Gasteiger partial charge is 0.286 e. The second-order valence-corrected chi connectivity index (χ2v) is 12.0. The Morgan fingerprint density at radius 2 is 1.29 bits per heavy atom. The van der Waals surface area contributed by atoms with Crippen molar-refractivity contribution in [2.24, 2.45) is 0 Å². The smallest absolute Gasteiger partial charge is 0.237 e. The maximum absolute atomic E-state index is 14.0. The van der Waals surface area contributed by atoms with Crippen LogP contribution in [-0.2, 0) is 20.5 Å². The van der Waals surface area contributed by atoms with E-state index >= 15 is 0 Å². The molecule has 0 aromatic heterocycles. The highest BCUT2D eigenvalue weighted by molar-refractivity contribution is 14.1. The van der Waals surface area contributed by atoms with E-state index in [-0.39, 0.29) is 4.90 Å². The van der Waals surface area contributed by atoms with Gasteiger partial charge in [0, 0.05) is 10.0 Å². The van der Waals surface area contributed by atoms with Crippen LogP contribution in [0.2, 0.25) is 0 Å². The van der Waals surface area contributed by atoms with Gasteiger partial charge in [-0.15, -0.1) is 4.47 Å². The van der Waals surface area contributed by atoms with E-state index in [0.717, 1.165) is 34.8 Å². The molecule has 35 heavy (non-hydrogen) atoms. The summed E-state index contributed by atoms with van der Waals surface area (Å²) in [5.74, 6) is 0. The van der Waals surface area contributed by atoms with Gasteiger partial charge in [-0.3, -0.25) is 0 Å². The van der Waals surface area contributed by atoms with Crippen LogP contribution in [0, 0.1) is 6.92 Å². The van der Waals surface area contributed by atoms with Crippen molar-refractivity contribution in [2.45, 2.75) is 17.4 Å². The van der Waals surface area contributed by atoms with Crippen molar-refractivity contribution in [2.75, 3.05) is 0 Å². The molecule has 1 aliphatic rings. The number of halogens is 2. The molecule has 0 unspecified atom stereocenters. The molecule has 0 spiro atoms. The minimum absolute atomic E-state index is 0.166. The third-order valence-electron chi connectivity index (χ3n) is 5.93. The highest BCUT2D eigenvalue weighted by Crippen LogP contribution is 2.54. The molecule has 0 fully saturated rings. The van der Waals surface area contributed by atoms with Crippen molar-refractivity contribution in [3.63, 3.8) is 0 Å². The van der Waals surface area contributed by atoms with Gasteiger partial charge in [-0.1, -0.05) is 106 Å². The molecule has 176 valence electrons. The Balaban J connectivity index is 1.81. The molecular formula is C28H21BrINO3S. The van der Waals surface area contributed by atoms with Crippen LogP contribution < -0.4 is 0 Å². The van der Waals surface area contributed by atoms with Crippen LogP contribution in [0.15, 0.2) is 122 Å². The standard InChI is InChI=1S/C28H21BrINO3S/c1-20-12-18-25(19-13-20)35(32,33)31-26(21-14-16-24(29)17-15-21)27(30)28(34-31,22-8-4-2-5-9-22)23-10-6-3-7-11-23/h2-19H,1H3. The predicted octanol–water partition coefficient (Wildman–Crippen LogP) is 7.44. The van der Waals surface area contributed by atoms with Gasteiger partial charge in [0.15, 0.2) is 5.60 Å². The lowest BCUT2D eigenvalue weighted by molar-refractivity contribution is -0.103. The monoisotopic (exact) mass is 657 g/mol. The van der Waals surface area contributed by atoms with Gasteiger partial charge in [0.05, 0.1) is 8.48 Å². The lowest BCUT2D eigenvalue weighted by atomic mass is 9.85. The minimum atomic E-state index is -4.05. The van der Waals surface area contributed by atoms with Crippen LogP contribution in [0.5, 0.6) is 0 Å². The third kappa shape index (κ3) is 4.24. The first-order valence-electron chi connectivity index (χ1n) is 10.9. The molecule has 0 radical (unpaired) electrons. The Labute approximate surface area is 227 Å². The summed E-state index contributed by atoms with van der Waals surface area (Å²) in [5, 5.41) is 0. The first-order chi connectivity index (χ1) is 16.8. The maximum atomic E-state index is 14.0. The molecule has 1 heterocycles. The summed E-state index contributed by atoms with van der Waals surface area (Å²) in [6.45, 7) is 1.93. The van der Waals surface area contributed by atoms with Crippen LogP contribution in [-0.4, -0.2) is 12.9 Å². The number of aryl methyl sites for hydroxylation is 1. The van der Waals surface area contributed by atoms with Crippen LogP contribution in [0.25, 0.3) is 5.70 Å². The zero-order valence-corrected chi connectivity index (χ0v) is 23.3. The molecule has 1 aliphatic heterocycles. The average Bonchev–Trinajstić information content (AvgIpc) is 3.20. The van der Waals surface area contributed by atoms with Crippen molar-refractivity contribution in [3.8, 4) is 0 Å². The van der Waals surface area contributed by atoms with E-state index in [4.69, 9.17) is 4.84 Å². The summed E-state index contributed by atoms with van der Waals surface area (Å²) >= 11 is 5.73. The minimum Gasteiger partial charge on any atom is -0.237 e. The fraction of sp³-hybridized carbons (Fsp3) is 0.0714. The summed E-state index contributed by atoms with van der Waals surface area (Å²) in [4.78, 5) is 6.80. The third-order valence-corrected chi connectivity index (χ3v) is 9.30. The zero-order valence-electron chi connectivity index (χ0n) is 18.7. The molecule has 0 saturated heterocycles. The Morgan fingerprint density at radius 3 is 1.80 bits per heavy atom. The number of benzene rings is 4. The summed E-state index contributed by atoms with van der Waals surface area (Å²) in [6, 6.07) is 33.9. The van der Waals surface area contributed by atoms with Crippen LogP contribution in [0.1, 0.15) is 22.3 Å². The lowest BCUT2D eigenvalue weighted by Gasteiger charge is -2.31. The molecule has 7 heteroatoms. The number of rotatable bonds is 5. The number of hydroxylamine groups is 1. The van der Waals surface area contributed by atoms with E-state index in [1.807, 2.05) is 91.9 Å². The number of hydrogen-bond acceptors (Lipinski definition) is 3. The van der Waals surface area contributed by atoms with Gasteiger partial charge < -0.3 is 0 Å². The van der Waals surface area contributed by atoms with Gasteiger partial charge in [0.25, 0.3) is 10.0 Å². The van der Waals surface area contributed by atoms with Crippen molar-refractivity contribution in [3.05, 3.63) is 140 Å². The lowest BCUT2D eigenvalue weighted by Crippen LogP contribution is -2.35. The van der Waals surface area contributed by atoms with E-state index in [0.29, 0.717) is 5.70 Å². The average molecular weight is 658 g/mol. The normalized spacial score (nSPS) is 15.5. The van der Waals surface area contributed by atoms with Crippen LogP contribution in [0.4, 0.5) is 0 Å². The molecule has 5 rings (SSSR count). The Morgan fingerprint density at radius 1 is 0.771 bits per heavy atom. The Kier molecular flexibility index (Phi) is 6.61. The highest BCUT2D eigenvalue weighted by Gasteiger charge is 2.52. The molecule has 0 aliphatic carbocycles. The molecule has 0 saturated carbocycles. The van der Waals surface area contributed by atoms with Gasteiger partial charge in [-0.2, -0.15) is 8.42 Å². The van der Waals surface area contributed by atoms with E-state index in [2.05, 4.69) is 38.5 Å². The predicted molar refractivity (Wildman–Crippen MR) is 150 cm³/mol. The molecule has 4 nitrogen and oxygen atoms in total. The van der Waals surface area contributed by atoms with Crippen molar-refractivity contribution in [1.82, 2.24) is 4.47 Å². The van der Waals surface area contributed by atoms with Crippen molar-refractivity contribution in [1.29, 1.82) is 0 Å². The summed E-state index contributed by atoms with van der Waals surface area (Å²) in [7, 11) is -4.05. The molecule has 0 atom stereocenters. The Bertz CT molecular complexity index is 1450. The number of sulfonamides is 1. The fourth-order valence-electron chi connectivity index (χ4n) is 4.14. The van der Waals surface area contributed by atoms with Gasteiger partial charge >= 0.3 is 0 Å². The SMILES string of the molecule is Cc1ccc(S(=O)(=O)N2OC(c3ccccc3)(c3ccccc3)C(I)=C2c2ccc(Br)cc2)cc1. The summed E-state index contributed by atoms with van der Waals surface area (Å²) in [6.07, 6.45) is 0. The van der Waals surface area contributed by atoms with Gasteiger partial charge in [-0.05, 0) is 64.9 Å². The van der Waals surface area contributed by atoms with E-state index in [9.17, 15) is 8.42 Å². The number of hydrogen-bond donors (Lipinski definition) is 0. The van der Waals surface area contributed by atoms with E-state index in [1.165, 1.54) is 0 Å². The van der Waals surface area contributed by atoms with Crippen molar-refractivity contribution >= 4 is 54.2 Å². The second kappa shape index (κ2) is 9.54. The molecule has 4 aromatic carbocycles. The molecule has 0 amide bonds. The van der Waals surface area contributed by atoms with Gasteiger partial charge in [0.1, 0.15) is 5.70 Å². The van der Waals surface area contributed by atoms with Crippen LogP contribution in [0.3, 0.4) is 0 Å².